The van der Waals surface area contributed by atoms with Crippen LogP contribution in [-0.2, 0) is 28.9 Å². The second kappa shape index (κ2) is 13.2. The zero-order valence-corrected chi connectivity index (χ0v) is 25.4. The first-order valence-corrected chi connectivity index (χ1v) is 14.9. The number of halogens is 3. The van der Waals surface area contributed by atoms with Crippen LogP contribution in [0.2, 0.25) is 0 Å². The number of nitrogens with one attached hydrogen (secondary N) is 2. The molecule has 1 fully saturated rings. The van der Waals surface area contributed by atoms with Crippen molar-refractivity contribution in [2.24, 2.45) is 0 Å². The van der Waals surface area contributed by atoms with Crippen molar-refractivity contribution >= 4 is 39.7 Å². The molecule has 0 spiro atoms. The number of amides is 1. The number of thiazole rings is 1. The number of anilines is 3. The smallest absolute Gasteiger partial charge is 0.475 e. The van der Waals surface area contributed by atoms with Crippen molar-refractivity contribution in [3.8, 4) is 0 Å². The van der Waals surface area contributed by atoms with Crippen molar-refractivity contribution < 1.29 is 32.6 Å². The van der Waals surface area contributed by atoms with Gasteiger partial charge in [0.25, 0.3) is 5.91 Å². The number of fused-ring (bicyclic) bond motifs is 1. The first-order chi connectivity index (χ1) is 21.4. The molecule has 2 aliphatic heterocycles. The first kappa shape index (κ1) is 31.9. The van der Waals surface area contributed by atoms with Crippen LogP contribution < -0.4 is 15.5 Å². The molecule has 4 aromatic rings. The van der Waals surface area contributed by atoms with Gasteiger partial charge in [-0.1, -0.05) is 35.6 Å². The van der Waals surface area contributed by atoms with Crippen LogP contribution in [0.15, 0.2) is 61.2 Å². The maximum Gasteiger partial charge on any atom is 0.490 e. The zero-order valence-electron chi connectivity index (χ0n) is 24.5. The minimum atomic E-state index is -5.08. The van der Waals surface area contributed by atoms with Crippen molar-refractivity contribution in [3.63, 3.8) is 0 Å². The number of ether oxygens (including phenoxy) is 1. The molecule has 45 heavy (non-hydrogen) atoms. The Bertz CT molecular complexity index is 1630. The summed E-state index contributed by atoms with van der Waals surface area (Å²) in [5, 5.41) is 18.8. The third-order valence-corrected chi connectivity index (χ3v) is 8.25. The summed E-state index contributed by atoms with van der Waals surface area (Å²) in [5.74, 6) is -2.78. The van der Waals surface area contributed by atoms with Crippen molar-refractivity contribution in [3.05, 3.63) is 82.9 Å². The number of alkyl halides is 3. The lowest BCUT2D eigenvalue weighted by Crippen LogP contribution is -2.48. The van der Waals surface area contributed by atoms with E-state index in [0.717, 1.165) is 52.0 Å². The van der Waals surface area contributed by atoms with Crippen LogP contribution in [0.1, 0.15) is 40.3 Å². The minimum Gasteiger partial charge on any atom is -0.475 e. The van der Waals surface area contributed by atoms with Crippen LogP contribution >= 0.6 is 11.3 Å². The average Bonchev–Trinajstić information content (AvgIpc) is 3.64. The second-order valence-electron chi connectivity index (χ2n) is 11.3. The van der Waals surface area contributed by atoms with E-state index in [4.69, 9.17) is 19.6 Å². The van der Waals surface area contributed by atoms with Crippen molar-refractivity contribution in [2.75, 3.05) is 30.0 Å². The number of carbonyl (C=O) groups excluding carboxylic acids is 1. The molecule has 1 atom stereocenters. The van der Waals surface area contributed by atoms with Crippen LogP contribution in [0.3, 0.4) is 0 Å². The van der Waals surface area contributed by atoms with E-state index >= 15 is 0 Å². The molecular formula is C30H32F3N7O4S. The lowest BCUT2D eigenvalue weighted by molar-refractivity contribution is -0.192. The van der Waals surface area contributed by atoms with Crippen LogP contribution in [0.5, 0.6) is 0 Å². The van der Waals surface area contributed by atoms with E-state index in [9.17, 15) is 18.0 Å². The monoisotopic (exact) mass is 643 g/mol. The Morgan fingerprint density at radius 3 is 2.62 bits per heavy atom. The molecule has 238 valence electrons. The highest BCUT2D eigenvalue weighted by Gasteiger charge is 2.38. The highest BCUT2D eigenvalue weighted by molar-refractivity contribution is 7.17. The first-order valence-electron chi connectivity index (χ1n) is 14.1. The molecular weight excluding hydrogens is 611 g/mol. The fraction of sp³-hybridized carbons (Fsp3) is 0.367. The number of aliphatic carboxylic acids is 1. The van der Waals surface area contributed by atoms with Gasteiger partial charge >= 0.3 is 12.1 Å². The van der Waals surface area contributed by atoms with Crippen LogP contribution in [0, 0.1) is 0 Å². The van der Waals surface area contributed by atoms with Gasteiger partial charge in [0.2, 0.25) is 0 Å². The molecule has 2 aromatic carbocycles. The number of hydrogen-bond acceptors (Lipinski definition) is 9. The van der Waals surface area contributed by atoms with Gasteiger partial charge in [0, 0.05) is 29.9 Å². The summed E-state index contributed by atoms with van der Waals surface area (Å²) in [6.07, 6.45) is -0.246. The van der Waals surface area contributed by atoms with Gasteiger partial charge in [-0.25, -0.2) is 19.4 Å². The van der Waals surface area contributed by atoms with Crippen LogP contribution in [0.25, 0.3) is 0 Å². The highest BCUT2D eigenvalue weighted by Crippen LogP contribution is 2.34. The van der Waals surface area contributed by atoms with Gasteiger partial charge in [0.15, 0.2) is 5.13 Å². The molecule has 6 rings (SSSR count). The Hall–Kier alpha value is -4.50. The third-order valence-electron chi connectivity index (χ3n) is 7.12. The average molecular weight is 644 g/mol. The van der Waals surface area contributed by atoms with E-state index in [2.05, 4.69) is 74.1 Å². The summed E-state index contributed by atoms with van der Waals surface area (Å²) in [6, 6.07) is 17.0. The predicted octanol–water partition coefficient (Wildman–Crippen LogP) is 4.67. The SMILES string of the molecule is CC1(C)Cc2nc(N3CCOCC3Cc3cccc(Nc4ccc(Cn5cncn5)cc4)c3)sc2C(=O)N1.O=C(O)C(F)(F)F. The molecule has 4 heterocycles. The fourth-order valence-corrected chi connectivity index (χ4v) is 6.15. The third kappa shape index (κ3) is 8.36. The molecule has 0 aliphatic carbocycles. The number of rotatable bonds is 7. The number of nitrogens with zero attached hydrogens (tertiary/aromatic N) is 5. The number of benzene rings is 2. The van der Waals surface area contributed by atoms with Gasteiger partial charge in [-0.3, -0.25) is 4.79 Å². The Labute approximate surface area is 261 Å². The maximum atomic E-state index is 12.6. The molecule has 15 heteroatoms. The van der Waals surface area contributed by atoms with Crippen molar-refractivity contribution in [2.45, 2.75) is 51.0 Å². The van der Waals surface area contributed by atoms with E-state index in [1.54, 1.807) is 17.3 Å². The Kier molecular flexibility index (Phi) is 9.39. The number of aromatic nitrogens is 4. The van der Waals surface area contributed by atoms with Crippen LogP contribution in [0.4, 0.5) is 29.7 Å². The summed E-state index contributed by atoms with van der Waals surface area (Å²) < 4.78 is 39.4. The molecule has 1 saturated heterocycles. The molecule has 1 amide bonds. The van der Waals surface area contributed by atoms with Gasteiger partial charge < -0.3 is 25.4 Å². The molecule has 2 aromatic heterocycles. The molecule has 3 N–H and O–H groups in total. The van der Waals surface area contributed by atoms with Gasteiger partial charge in [0.1, 0.15) is 17.5 Å². The van der Waals surface area contributed by atoms with E-state index in [0.29, 0.717) is 19.8 Å². The second-order valence-corrected chi connectivity index (χ2v) is 12.3. The highest BCUT2D eigenvalue weighted by atomic mass is 32.1. The van der Waals surface area contributed by atoms with E-state index < -0.39 is 12.1 Å². The summed E-state index contributed by atoms with van der Waals surface area (Å²) in [6.45, 7) is 6.83. The van der Waals surface area contributed by atoms with E-state index in [1.807, 2.05) is 13.8 Å². The van der Waals surface area contributed by atoms with E-state index in [-0.39, 0.29) is 17.5 Å². The van der Waals surface area contributed by atoms with Crippen molar-refractivity contribution in [1.82, 2.24) is 25.1 Å². The molecule has 11 nitrogen and oxygen atoms in total. The van der Waals surface area contributed by atoms with Gasteiger partial charge in [0.05, 0.1) is 31.5 Å². The Balaban J connectivity index is 0.000000515. The Morgan fingerprint density at radius 1 is 1.18 bits per heavy atom. The lowest BCUT2D eigenvalue weighted by atomic mass is 9.94. The quantitative estimate of drug-likeness (QED) is 0.263. The molecule has 2 aliphatic rings. The molecule has 1 unspecified atom stereocenters. The summed E-state index contributed by atoms with van der Waals surface area (Å²) in [4.78, 5) is 33.5. The minimum absolute atomic E-state index is 0.0185. The Morgan fingerprint density at radius 2 is 1.93 bits per heavy atom. The largest absolute Gasteiger partial charge is 0.490 e. The van der Waals surface area contributed by atoms with Gasteiger partial charge in [-0.15, -0.1) is 0 Å². The topological polar surface area (TPSA) is 134 Å². The van der Waals surface area contributed by atoms with E-state index in [1.165, 1.54) is 16.9 Å². The predicted molar refractivity (Wildman–Crippen MR) is 162 cm³/mol. The molecule has 0 bridgehead atoms. The standard InChI is InChI=1S/C28H31N7O2S.C2HF3O2/c1-28(2)14-24-25(26(36)33-28)38-27(32-24)35-10-11-37-16-23(35)13-20-4-3-5-22(12-20)31-21-8-6-19(7-9-21)15-34-18-29-17-30-34;3-2(4,5)1(6)7/h3-9,12,17-18,23,31H,10-11,13-16H2,1-2H3,(H,33,36);(H,6,7). The fourth-order valence-electron chi connectivity index (χ4n) is 5.07. The number of carboxylic acid groups (broad SMARTS) is 1. The molecule has 0 radical (unpaired) electrons. The lowest BCUT2D eigenvalue weighted by Gasteiger charge is -2.35. The zero-order chi connectivity index (χ0) is 32.2. The number of morpholine rings is 1. The number of carbonyl (C=O) groups is 2. The maximum absolute atomic E-state index is 12.6. The van der Waals surface area contributed by atoms with Gasteiger partial charge in [-0.05, 0) is 55.7 Å². The van der Waals surface area contributed by atoms with Crippen LogP contribution in [-0.4, -0.2) is 74.2 Å². The molecule has 0 saturated carbocycles. The summed E-state index contributed by atoms with van der Waals surface area (Å²) >= 11 is 1.50. The number of carboxylic acids is 1. The number of hydrogen-bond donors (Lipinski definition) is 3. The summed E-state index contributed by atoms with van der Waals surface area (Å²) in [5.41, 5.74) is 5.09. The van der Waals surface area contributed by atoms with Gasteiger partial charge in [-0.2, -0.15) is 18.3 Å². The normalized spacial score (nSPS) is 17.5. The summed E-state index contributed by atoms with van der Waals surface area (Å²) in [7, 11) is 0. The van der Waals surface area contributed by atoms with Crippen molar-refractivity contribution in [1.29, 1.82) is 0 Å².